The monoisotopic (exact) mass is 463 g/mol. The molecule has 1 amide bonds. The Morgan fingerprint density at radius 2 is 1.88 bits per heavy atom. The quantitative estimate of drug-likeness (QED) is 0.384. The van der Waals surface area contributed by atoms with E-state index in [2.05, 4.69) is 15.2 Å². The lowest BCUT2D eigenvalue weighted by Crippen LogP contribution is -2.49. The second-order valence-corrected chi connectivity index (χ2v) is 5.79. The molecule has 0 radical (unpaired) electrons. The smallest absolute Gasteiger partial charge is 0.224 e. The Morgan fingerprint density at radius 1 is 1.24 bits per heavy atom. The molecule has 1 aliphatic heterocycles. The number of amides is 1. The van der Waals surface area contributed by atoms with Crippen LogP contribution in [-0.4, -0.2) is 56.0 Å². The lowest BCUT2D eigenvalue weighted by atomic mass is 10.2. The van der Waals surface area contributed by atoms with Crippen LogP contribution in [0, 0.1) is 5.82 Å². The number of hydrogen-bond donors (Lipinski definition) is 2. The van der Waals surface area contributed by atoms with E-state index < -0.39 is 0 Å². The summed E-state index contributed by atoms with van der Waals surface area (Å²) in [6.07, 6.45) is 1.35. The van der Waals surface area contributed by atoms with Gasteiger partial charge in [0.1, 0.15) is 5.82 Å². The van der Waals surface area contributed by atoms with Crippen molar-refractivity contribution in [3.8, 4) is 0 Å². The van der Waals surface area contributed by atoms with Crippen LogP contribution in [0.1, 0.15) is 19.8 Å². The molecule has 3 N–H and O–H groups in total. The number of aliphatic imine (C=N–C) groups is 1. The normalized spacial score (nSPS) is 14.9. The molecular weight excluding hydrogens is 436 g/mol. The topological polar surface area (TPSA) is 74.0 Å². The fraction of sp³-hybridized carbons (Fsp3) is 0.529. The average Bonchev–Trinajstić information content (AvgIpc) is 2.60. The maximum Gasteiger partial charge on any atom is 0.224 e. The number of nitrogens with two attached hydrogens (primary N) is 1. The van der Waals surface area contributed by atoms with Gasteiger partial charge in [-0.3, -0.25) is 9.79 Å². The zero-order valence-electron chi connectivity index (χ0n) is 14.6. The molecule has 0 unspecified atom stereocenters. The van der Waals surface area contributed by atoms with Crippen molar-refractivity contribution >= 4 is 41.5 Å². The van der Waals surface area contributed by atoms with E-state index in [0.29, 0.717) is 38.6 Å². The van der Waals surface area contributed by atoms with Crippen LogP contribution in [0.25, 0.3) is 0 Å². The molecule has 1 heterocycles. The summed E-state index contributed by atoms with van der Waals surface area (Å²) in [6, 6.07) is 6.47. The van der Waals surface area contributed by atoms with Crippen LogP contribution in [0.2, 0.25) is 0 Å². The van der Waals surface area contributed by atoms with Crippen LogP contribution < -0.4 is 16.0 Å². The number of halogens is 2. The van der Waals surface area contributed by atoms with Gasteiger partial charge in [0.2, 0.25) is 5.91 Å². The van der Waals surface area contributed by atoms with E-state index >= 15 is 0 Å². The summed E-state index contributed by atoms with van der Waals surface area (Å²) in [7, 11) is 0. The summed E-state index contributed by atoms with van der Waals surface area (Å²) in [5.74, 6) is 0.275. The highest BCUT2D eigenvalue weighted by molar-refractivity contribution is 14.0. The molecule has 0 saturated carbocycles. The number of nitrogens with one attached hydrogen (secondary N) is 1. The number of anilines is 1. The van der Waals surface area contributed by atoms with Gasteiger partial charge >= 0.3 is 0 Å². The van der Waals surface area contributed by atoms with Crippen molar-refractivity contribution < 1.29 is 9.18 Å². The van der Waals surface area contributed by atoms with Crippen molar-refractivity contribution in [3.63, 3.8) is 0 Å². The minimum atomic E-state index is -0.234. The summed E-state index contributed by atoms with van der Waals surface area (Å²) in [6.45, 7) is 6.08. The van der Waals surface area contributed by atoms with Gasteiger partial charge in [-0.15, -0.1) is 24.0 Å². The molecule has 1 fully saturated rings. The molecule has 1 saturated heterocycles. The van der Waals surface area contributed by atoms with Crippen LogP contribution >= 0.6 is 24.0 Å². The van der Waals surface area contributed by atoms with Crippen molar-refractivity contribution in [1.29, 1.82) is 0 Å². The number of carbonyl (C=O) groups excluding carboxylic acids is 1. The van der Waals surface area contributed by atoms with E-state index in [1.165, 1.54) is 12.1 Å². The SMILES string of the molecule is CCCN=C(N)NCCC(=O)N1CCN(c2ccc(F)cc2)CC1.I. The molecule has 0 aliphatic carbocycles. The average molecular weight is 463 g/mol. The van der Waals surface area contributed by atoms with Gasteiger partial charge in [-0.2, -0.15) is 0 Å². The predicted molar refractivity (Wildman–Crippen MR) is 110 cm³/mol. The minimum absolute atomic E-state index is 0. The van der Waals surface area contributed by atoms with Crippen LogP contribution in [-0.2, 0) is 4.79 Å². The summed E-state index contributed by atoms with van der Waals surface area (Å²) < 4.78 is 13.0. The van der Waals surface area contributed by atoms with E-state index in [1.54, 1.807) is 12.1 Å². The molecule has 0 bridgehead atoms. The van der Waals surface area contributed by atoms with Gasteiger partial charge in [0.05, 0.1) is 0 Å². The van der Waals surface area contributed by atoms with Crippen LogP contribution in [0.15, 0.2) is 29.3 Å². The van der Waals surface area contributed by atoms with Gasteiger partial charge in [0.25, 0.3) is 0 Å². The molecule has 140 valence electrons. The van der Waals surface area contributed by atoms with Gasteiger partial charge in [-0.05, 0) is 30.7 Å². The Balaban J connectivity index is 0.00000312. The Labute approximate surface area is 165 Å². The first kappa shape index (κ1) is 21.5. The number of piperazine rings is 1. The van der Waals surface area contributed by atoms with Crippen LogP contribution in [0.4, 0.5) is 10.1 Å². The highest BCUT2D eigenvalue weighted by Crippen LogP contribution is 2.17. The second-order valence-electron chi connectivity index (χ2n) is 5.79. The Hall–Kier alpha value is -1.58. The molecule has 1 aliphatic rings. The molecular formula is C17H27FIN5O. The Kier molecular flexibility index (Phi) is 9.54. The van der Waals surface area contributed by atoms with Crippen LogP contribution in [0.3, 0.4) is 0 Å². The molecule has 1 aromatic carbocycles. The number of nitrogens with zero attached hydrogens (tertiary/aromatic N) is 3. The molecule has 25 heavy (non-hydrogen) atoms. The molecule has 1 aromatic rings. The number of guanidine groups is 1. The van der Waals surface area contributed by atoms with Gasteiger partial charge in [-0.25, -0.2) is 4.39 Å². The highest BCUT2D eigenvalue weighted by atomic mass is 127. The zero-order chi connectivity index (χ0) is 17.4. The van der Waals surface area contributed by atoms with Crippen molar-refractivity contribution in [2.24, 2.45) is 10.7 Å². The van der Waals surface area contributed by atoms with Crippen LogP contribution in [0.5, 0.6) is 0 Å². The fourth-order valence-electron chi connectivity index (χ4n) is 2.61. The van der Waals surface area contributed by atoms with E-state index in [-0.39, 0.29) is 35.7 Å². The fourth-order valence-corrected chi connectivity index (χ4v) is 2.61. The summed E-state index contributed by atoms with van der Waals surface area (Å²) >= 11 is 0. The second kappa shape index (κ2) is 11.1. The van der Waals surface area contributed by atoms with E-state index in [4.69, 9.17) is 5.73 Å². The minimum Gasteiger partial charge on any atom is -0.370 e. The van der Waals surface area contributed by atoms with Crippen molar-refractivity contribution in [3.05, 3.63) is 30.1 Å². The summed E-state index contributed by atoms with van der Waals surface area (Å²) in [5.41, 5.74) is 6.69. The largest absolute Gasteiger partial charge is 0.370 e. The maximum absolute atomic E-state index is 13.0. The van der Waals surface area contributed by atoms with Crippen molar-refractivity contribution in [2.75, 3.05) is 44.2 Å². The first-order valence-electron chi connectivity index (χ1n) is 8.42. The molecule has 0 aromatic heterocycles. The van der Waals surface area contributed by atoms with E-state index in [9.17, 15) is 9.18 Å². The molecule has 0 spiro atoms. The summed E-state index contributed by atoms with van der Waals surface area (Å²) in [4.78, 5) is 20.4. The molecule has 6 nitrogen and oxygen atoms in total. The highest BCUT2D eigenvalue weighted by Gasteiger charge is 2.20. The third-order valence-corrected chi connectivity index (χ3v) is 3.97. The number of carbonyl (C=O) groups is 1. The van der Waals surface area contributed by atoms with Gasteiger partial charge < -0.3 is 20.9 Å². The number of rotatable bonds is 6. The first-order chi connectivity index (χ1) is 11.6. The lowest BCUT2D eigenvalue weighted by Gasteiger charge is -2.36. The maximum atomic E-state index is 13.0. The molecule has 8 heteroatoms. The van der Waals surface area contributed by atoms with E-state index in [0.717, 1.165) is 25.2 Å². The van der Waals surface area contributed by atoms with Gasteiger partial charge in [0.15, 0.2) is 5.96 Å². The Bertz CT molecular complexity index is 559. The predicted octanol–water partition coefficient (Wildman–Crippen LogP) is 1.80. The van der Waals surface area contributed by atoms with Crippen molar-refractivity contribution in [1.82, 2.24) is 10.2 Å². The lowest BCUT2D eigenvalue weighted by molar-refractivity contribution is -0.131. The number of benzene rings is 1. The standard InChI is InChI=1S/C17H26FN5O.HI/c1-2-8-20-17(19)21-9-7-16(24)23-12-10-22(11-13-23)15-5-3-14(18)4-6-15;/h3-6H,2,7-13H2,1H3,(H3,19,20,21);1H. The third kappa shape index (κ3) is 7.05. The Morgan fingerprint density at radius 3 is 2.48 bits per heavy atom. The summed E-state index contributed by atoms with van der Waals surface area (Å²) in [5, 5.41) is 2.96. The van der Waals surface area contributed by atoms with Gasteiger partial charge in [0, 0.05) is 51.4 Å². The van der Waals surface area contributed by atoms with E-state index in [1.807, 2.05) is 11.8 Å². The zero-order valence-corrected chi connectivity index (χ0v) is 16.9. The third-order valence-electron chi connectivity index (χ3n) is 3.97. The molecule has 0 atom stereocenters. The van der Waals surface area contributed by atoms with Crippen molar-refractivity contribution in [2.45, 2.75) is 19.8 Å². The molecule has 2 rings (SSSR count). The number of hydrogen-bond acceptors (Lipinski definition) is 3. The van der Waals surface area contributed by atoms with Gasteiger partial charge in [-0.1, -0.05) is 6.92 Å². The first-order valence-corrected chi connectivity index (χ1v) is 8.42.